The van der Waals surface area contributed by atoms with Gasteiger partial charge in [0.25, 0.3) is 0 Å². The normalized spacial score (nSPS) is 12.6. The molecule has 0 fully saturated rings. The van der Waals surface area contributed by atoms with Gasteiger partial charge in [0.05, 0.1) is 10.6 Å². The molecular formula is C16H26O2S2. The van der Waals surface area contributed by atoms with Crippen LogP contribution in [0.25, 0.3) is 0 Å². The highest BCUT2D eigenvalue weighted by molar-refractivity contribution is 7.91. The molecule has 0 saturated heterocycles. The van der Waals surface area contributed by atoms with Crippen LogP contribution in [0.4, 0.5) is 0 Å². The average Bonchev–Trinajstić information content (AvgIpc) is 2.37. The zero-order chi connectivity index (χ0) is 15.2. The minimum atomic E-state index is -3.18. The summed E-state index contributed by atoms with van der Waals surface area (Å²) in [5.74, 6) is 0.151. The van der Waals surface area contributed by atoms with Gasteiger partial charge < -0.3 is 0 Å². The van der Waals surface area contributed by atoms with Crippen LogP contribution in [0.2, 0.25) is 0 Å². The number of rotatable bonds is 8. The van der Waals surface area contributed by atoms with Gasteiger partial charge in [-0.05, 0) is 37.0 Å². The largest absolute Gasteiger partial charge is 0.224 e. The van der Waals surface area contributed by atoms with Crippen LogP contribution in [0.1, 0.15) is 52.0 Å². The van der Waals surface area contributed by atoms with E-state index in [4.69, 9.17) is 0 Å². The third-order valence-corrected chi connectivity index (χ3v) is 5.29. The third-order valence-electron chi connectivity index (χ3n) is 3.33. The molecule has 0 spiro atoms. The van der Waals surface area contributed by atoms with E-state index in [1.165, 1.54) is 18.4 Å². The van der Waals surface area contributed by atoms with Gasteiger partial charge in [0.2, 0.25) is 0 Å². The number of benzene rings is 1. The van der Waals surface area contributed by atoms with Crippen molar-refractivity contribution in [2.24, 2.45) is 0 Å². The second-order valence-electron chi connectivity index (χ2n) is 5.98. The van der Waals surface area contributed by atoms with Gasteiger partial charge in [0.1, 0.15) is 0 Å². The van der Waals surface area contributed by atoms with Crippen molar-refractivity contribution in [3.8, 4) is 0 Å². The molecule has 0 N–H and O–H groups in total. The maximum Gasteiger partial charge on any atom is 0.178 e. The number of aryl methyl sites for hydroxylation is 1. The zero-order valence-corrected chi connectivity index (χ0v) is 14.4. The van der Waals surface area contributed by atoms with Gasteiger partial charge >= 0.3 is 0 Å². The second-order valence-corrected chi connectivity index (χ2v) is 9.30. The van der Waals surface area contributed by atoms with Crippen LogP contribution in [0, 0.1) is 0 Å². The highest BCUT2D eigenvalue weighted by atomic mass is 32.2. The first-order valence-electron chi connectivity index (χ1n) is 7.29. The molecule has 0 unspecified atom stereocenters. The summed E-state index contributed by atoms with van der Waals surface area (Å²) in [6.45, 7) is 6.05. The van der Waals surface area contributed by atoms with Crippen LogP contribution in [0.3, 0.4) is 0 Å². The van der Waals surface area contributed by atoms with E-state index >= 15 is 0 Å². The molecule has 0 bridgehead atoms. The van der Waals surface area contributed by atoms with Gasteiger partial charge in [-0.3, -0.25) is 0 Å². The van der Waals surface area contributed by atoms with E-state index < -0.39 is 9.84 Å². The van der Waals surface area contributed by atoms with E-state index in [1.807, 2.05) is 26.0 Å². The standard InChI is InChI=1S/C16H26O2S2/c1-4-5-6-7-14-8-10-15(11-9-14)20(17,18)13-12-16(2,3)19/h8-11,19H,4-7,12-13H2,1-3H3. The lowest BCUT2D eigenvalue weighted by Crippen LogP contribution is -2.18. The fourth-order valence-corrected chi connectivity index (χ4v) is 3.77. The number of unbranched alkanes of at least 4 members (excludes halogenated alkanes) is 2. The Morgan fingerprint density at radius 1 is 1.10 bits per heavy atom. The highest BCUT2D eigenvalue weighted by Gasteiger charge is 2.19. The van der Waals surface area contributed by atoms with Gasteiger partial charge in [-0.1, -0.05) is 45.7 Å². The summed E-state index contributed by atoms with van der Waals surface area (Å²) >= 11 is 4.38. The SMILES string of the molecule is CCCCCc1ccc(S(=O)(=O)CCC(C)(C)S)cc1. The monoisotopic (exact) mass is 314 g/mol. The van der Waals surface area contributed by atoms with Crippen molar-refractivity contribution < 1.29 is 8.42 Å². The molecule has 1 aromatic carbocycles. The molecule has 2 nitrogen and oxygen atoms in total. The number of hydrogen-bond acceptors (Lipinski definition) is 3. The van der Waals surface area contributed by atoms with Crippen molar-refractivity contribution >= 4 is 22.5 Å². The minimum Gasteiger partial charge on any atom is -0.224 e. The van der Waals surface area contributed by atoms with E-state index in [0.717, 1.165) is 12.8 Å². The molecule has 114 valence electrons. The predicted molar refractivity (Wildman–Crippen MR) is 89.4 cm³/mol. The Morgan fingerprint density at radius 2 is 1.70 bits per heavy atom. The van der Waals surface area contributed by atoms with Crippen molar-refractivity contribution in [1.29, 1.82) is 0 Å². The molecule has 20 heavy (non-hydrogen) atoms. The maximum atomic E-state index is 12.2. The lowest BCUT2D eigenvalue weighted by Gasteiger charge is -2.16. The Bertz CT molecular complexity index is 496. The number of hydrogen-bond donors (Lipinski definition) is 1. The number of sulfone groups is 1. The lowest BCUT2D eigenvalue weighted by molar-refractivity contribution is 0.585. The van der Waals surface area contributed by atoms with Gasteiger partial charge in [-0.15, -0.1) is 0 Å². The van der Waals surface area contributed by atoms with Crippen molar-refractivity contribution in [2.75, 3.05) is 5.75 Å². The average molecular weight is 315 g/mol. The lowest BCUT2D eigenvalue weighted by atomic mass is 10.1. The Morgan fingerprint density at radius 3 is 2.20 bits per heavy atom. The summed E-state index contributed by atoms with van der Waals surface area (Å²) in [6, 6.07) is 7.35. The minimum absolute atomic E-state index is 0.151. The van der Waals surface area contributed by atoms with Crippen LogP contribution in [-0.2, 0) is 16.3 Å². The third kappa shape index (κ3) is 6.31. The first-order valence-corrected chi connectivity index (χ1v) is 9.38. The molecule has 0 aliphatic rings. The Labute approximate surface area is 129 Å². The maximum absolute atomic E-state index is 12.2. The molecule has 0 heterocycles. The molecule has 0 aliphatic carbocycles. The summed E-state index contributed by atoms with van der Waals surface area (Å²) in [4.78, 5) is 0.425. The fraction of sp³-hybridized carbons (Fsp3) is 0.625. The van der Waals surface area contributed by atoms with Crippen LogP contribution in [-0.4, -0.2) is 18.9 Å². The topological polar surface area (TPSA) is 34.1 Å². The van der Waals surface area contributed by atoms with Crippen molar-refractivity contribution in [1.82, 2.24) is 0 Å². The van der Waals surface area contributed by atoms with Crippen LogP contribution in [0.15, 0.2) is 29.2 Å². The van der Waals surface area contributed by atoms with Crippen molar-refractivity contribution in [2.45, 2.75) is 62.5 Å². The van der Waals surface area contributed by atoms with Gasteiger partial charge in [-0.2, -0.15) is 12.6 Å². The molecular weight excluding hydrogens is 288 g/mol. The highest BCUT2D eigenvalue weighted by Crippen LogP contribution is 2.21. The Kier molecular flexibility index (Phi) is 6.59. The molecule has 0 atom stereocenters. The number of thiol groups is 1. The Hall–Kier alpha value is -0.480. The van der Waals surface area contributed by atoms with Crippen LogP contribution < -0.4 is 0 Å². The molecule has 0 aliphatic heterocycles. The predicted octanol–water partition coefficient (Wildman–Crippen LogP) is 4.29. The van der Waals surface area contributed by atoms with Crippen molar-refractivity contribution in [3.05, 3.63) is 29.8 Å². The molecule has 1 rings (SSSR count). The summed E-state index contributed by atoms with van der Waals surface area (Å²) < 4.78 is 24.2. The Balaban J connectivity index is 2.67. The van der Waals surface area contributed by atoms with Crippen LogP contribution in [0.5, 0.6) is 0 Å². The smallest absolute Gasteiger partial charge is 0.178 e. The molecule has 4 heteroatoms. The molecule has 0 radical (unpaired) electrons. The van der Waals surface area contributed by atoms with E-state index in [0.29, 0.717) is 11.3 Å². The summed E-state index contributed by atoms with van der Waals surface area (Å²) in [5, 5.41) is 0. The van der Waals surface area contributed by atoms with Gasteiger partial charge in [0.15, 0.2) is 9.84 Å². The summed E-state index contributed by atoms with van der Waals surface area (Å²) in [7, 11) is -3.18. The molecule has 0 saturated carbocycles. The first kappa shape index (κ1) is 17.6. The van der Waals surface area contributed by atoms with E-state index in [2.05, 4.69) is 19.6 Å². The van der Waals surface area contributed by atoms with Gasteiger partial charge in [-0.25, -0.2) is 8.42 Å². The summed E-state index contributed by atoms with van der Waals surface area (Å²) in [5.41, 5.74) is 1.21. The van der Waals surface area contributed by atoms with E-state index in [1.54, 1.807) is 12.1 Å². The van der Waals surface area contributed by atoms with E-state index in [-0.39, 0.29) is 10.5 Å². The molecule has 0 amide bonds. The molecule has 1 aromatic rings. The summed E-state index contributed by atoms with van der Waals surface area (Å²) in [6.07, 6.45) is 5.16. The fourth-order valence-electron chi connectivity index (χ4n) is 1.94. The van der Waals surface area contributed by atoms with Crippen LogP contribution >= 0.6 is 12.6 Å². The quantitative estimate of drug-likeness (QED) is 0.573. The molecule has 0 aromatic heterocycles. The second kappa shape index (κ2) is 7.51. The van der Waals surface area contributed by atoms with Gasteiger partial charge in [0, 0.05) is 4.75 Å². The van der Waals surface area contributed by atoms with E-state index in [9.17, 15) is 8.42 Å². The zero-order valence-electron chi connectivity index (χ0n) is 12.7. The first-order chi connectivity index (χ1) is 9.24. The van der Waals surface area contributed by atoms with Crippen molar-refractivity contribution in [3.63, 3.8) is 0 Å².